The van der Waals surface area contributed by atoms with Crippen molar-refractivity contribution in [3.8, 4) is 22.8 Å². The third-order valence-corrected chi connectivity index (χ3v) is 4.97. The highest BCUT2D eigenvalue weighted by molar-refractivity contribution is 14.1. The van der Waals surface area contributed by atoms with Crippen molar-refractivity contribution in [2.75, 3.05) is 13.7 Å². The van der Waals surface area contributed by atoms with Crippen molar-refractivity contribution in [1.29, 1.82) is 0 Å². The number of nitrogens with one attached hydrogen (secondary N) is 1. The zero-order valence-electron chi connectivity index (χ0n) is 14.8. The van der Waals surface area contributed by atoms with Crippen LogP contribution in [0, 0.1) is 3.57 Å². The molecule has 0 aliphatic rings. The highest BCUT2D eigenvalue weighted by atomic mass is 127. The van der Waals surface area contributed by atoms with Gasteiger partial charge in [0.25, 0.3) is 5.91 Å². The molecule has 8 heteroatoms. The van der Waals surface area contributed by atoms with Crippen LogP contribution in [0.5, 0.6) is 11.5 Å². The van der Waals surface area contributed by atoms with Crippen LogP contribution in [0.2, 0.25) is 0 Å². The van der Waals surface area contributed by atoms with Crippen molar-refractivity contribution in [3.05, 3.63) is 68.4 Å². The van der Waals surface area contributed by atoms with Gasteiger partial charge in [-0.05, 0) is 81.0 Å². The second-order valence-corrected chi connectivity index (χ2v) is 7.69. The van der Waals surface area contributed by atoms with Gasteiger partial charge < -0.3 is 13.9 Å². The molecule has 0 atom stereocenters. The first-order valence-electron chi connectivity index (χ1n) is 8.19. The lowest BCUT2D eigenvalue weighted by Crippen LogP contribution is -2.24. The SMILES string of the molecule is COc1ccc(OCC(=O)NN=Cc2ccc(-c3ccc(I)cc3)o2)c(Br)c1. The van der Waals surface area contributed by atoms with Crippen molar-refractivity contribution in [2.45, 2.75) is 0 Å². The Morgan fingerprint density at radius 2 is 2.00 bits per heavy atom. The molecule has 144 valence electrons. The molecule has 1 heterocycles. The Morgan fingerprint density at radius 3 is 2.71 bits per heavy atom. The molecule has 0 aliphatic heterocycles. The lowest BCUT2D eigenvalue weighted by molar-refractivity contribution is -0.123. The molecule has 0 aliphatic carbocycles. The minimum atomic E-state index is -0.386. The summed E-state index contributed by atoms with van der Waals surface area (Å²) >= 11 is 5.62. The maximum atomic E-state index is 11.9. The van der Waals surface area contributed by atoms with Gasteiger partial charge in [0.15, 0.2) is 6.61 Å². The Bertz CT molecular complexity index is 986. The number of ether oxygens (including phenoxy) is 2. The largest absolute Gasteiger partial charge is 0.497 e. The number of amides is 1. The molecule has 0 saturated carbocycles. The van der Waals surface area contributed by atoms with Gasteiger partial charge in [-0.3, -0.25) is 4.79 Å². The van der Waals surface area contributed by atoms with Crippen LogP contribution in [-0.2, 0) is 4.79 Å². The van der Waals surface area contributed by atoms with E-state index in [9.17, 15) is 4.79 Å². The van der Waals surface area contributed by atoms with E-state index in [1.807, 2.05) is 30.3 Å². The van der Waals surface area contributed by atoms with E-state index in [0.717, 1.165) is 14.9 Å². The van der Waals surface area contributed by atoms with Crippen molar-refractivity contribution >= 4 is 50.6 Å². The van der Waals surface area contributed by atoms with Crippen LogP contribution in [0.25, 0.3) is 11.3 Å². The summed E-state index contributed by atoms with van der Waals surface area (Å²) in [5.74, 6) is 2.11. The van der Waals surface area contributed by atoms with Gasteiger partial charge in [0.1, 0.15) is 23.0 Å². The summed E-state index contributed by atoms with van der Waals surface area (Å²) in [5.41, 5.74) is 3.38. The van der Waals surface area contributed by atoms with E-state index in [-0.39, 0.29) is 12.5 Å². The fourth-order valence-corrected chi connectivity index (χ4v) is 3.09. The van der Waals surface area contributed by atoms with Crippen LogP contribution >= 0.6 is 38.5 Å². The maximum absolute atomic E-state index is 11.9. The van der Waals surface area contributed by atoms with Gasteiger partial charge in [0, 0.05) is 9.13 Å². The highest BCUT2D eigenvalue weighted by Crippen LogP contribution is 2.29. The molecule has 0 unspecified atom stereocenters. The smallest absolute Gasteiger partial charge is 0.277 e. The monoisotopic (exact) mass is 554 g/mol. The number of rotatable bonds is 7. The lowest BCUT2D eigenvalue weighted by atomic mass is 10.2. The molecule has 3 aromatic rings. The minimum Gasteiger partial charge on any atom is -0.497 e. The van der Waals surface area contributed by atoms with Crippen molar-refractivity contribution in [1.82, 2.24) is 5.43 Å². The van der Waals surface area contributed by atoms with E-state index in [4.69, 9.17) is 13.9 Å². The number of carbonyl (C=O) groups excluding carboxylic acids is 1. The van der Waals surface area contributed by atoms with Gasteiger partial charge in [-0.1, -0.05) is 12.1 Å². The number of halogens is 2. The average molecular weight is 555 g/mol. The summed E-state index contributed by atoms with van der Waals surface area (Å²) in [6.45, 7) is -0.172. The van der Waals surface area contributed by atoms with Gasteiger partial charge in [0.2, 0.25) is 0 Å². The average Bonchev–Trinajstić information content (AvgIpc) is 3.16. The normalized spacial score (nSPS) is 10.8. The molecule has 3 rings (SSSR count). The molecular weight excluding hydrogens is 539 g/mol. The quantitative estimate of drug-likeness (QED) is 0.257. The Balaban J connectivity index is 1.50. The van der Waals surface area contributed by atoms with E-state index < -0.39 is 0 Å². The second kappa shape index (κ2) is 9.74. The number of benzene rings is 2. The lowest BCUT2D eigenvalue weighted by Gasteiger charge is -2.08. The zero-order valence-corrected chi connectivity index (χ0v) is 18.6. The number of hydrazone groups is 1. The predicted molar refractivity (Wildman–Crippen MR) is 119 cm³/mol. The van der Waals surface area contributed by atoms with Crippen molar-refractivity contribution in [2.24, 2.45) is 5.10 Å². The van der Waals surface area contributed by atoms with Crippen LogP contribution in [0.15, 0.2) is 68.6 Å². The molecule has 0 spiro atoms. The van der Waals surface area contributed by atoms with Crippen molar-refractivity contribution < 1.29 is 18.7 Å². The van der Waals surface area contributed by atoms with Gasteiger partial charge in [0.05, 0.1) is 17.8 Å². The van der Waals surface area contributed by atoms with Crippen LogP contribution in [0.4, 0.5) is 0 Å². The first-order valence-corrected chi connectivity index (χ1v) is 10.1. The van der Waals surface area contributed by atoms with Gasteiger partial charge in [-0.15, -0.1) is 0 Å². The summed E-state index contributed by atoms with van der Waals surface area (Å²) in [5, 5.41) is 3.89. The van der Waals surface area contributed by atoms with Crippen LogP contribution < -0.4 is 14.9 Å². The Labute approximate surface area is 184 Å². The molecule has 1 N–H and O–H groups in total. The van der Waals surface area contributed by atoms with Gasteiger partial charge in [-0.2, -0.15) is 5.10 Å². The van der Waals surface area contributed by atoms with Crippen LogP contribution in [-0.4, -0.2) is 25.8 Å². The predicted octanol–water partition coefficient (Wildman–Crippen LogP) is 4.85. The number of carbonyl (C=O) groups is 1. The fourth-order valence-electron chi connectivity index (χ4n) is 2.26. The van der Waals surface area contributed by atoms with Crippen molar-refractivity contribution in [3.63, 3.8) is 0 Å². The molecular formula is C20H16BrIN2O4. The van der Waals surface area contributed by atoms with Gasteiger partial charge in [-0.25, -0.2) is 5.43 Å². The van der Waals surface area contributed by atoms with E-state index in [1.54, 1.807) is 31.4 Å². The fraction of sp³-hybridized carbons (Fsp3) is 0.100. The molecule has 1 aromatic heterocycles. The summed E-state index contributed by atoms with van der Waals surface area (Å²) in [4.78, 5) is 11.9. The molecule has 6 nitrogen and oxygen atoms in total. The zero-order chi connectivity index (χ0) is 19.9. The Hall–Kier alpha value is -2.33. The van der Waals surface area contributed by atoms with E-state index in [1.165, 1.54) is 6.21 Å². The molecule has 28 heavy (non-hydrogen) atoms. The molecule has 2 aromatic carbocycles. The molecule has 0 radical (unpaired) electrons. The molecule has 0 saturated heterocycles. The Morgan fingerprint density at radius 1 is 1.21 bits per heavy atom. The third-order valence-electron chi connectivity index (χ3n) is 3.63. The van der Waals surface area contributed by atoms with Crippen LogP contribution in [0.3, 0.4) is 0 Å². The third kappa shape index (κ3) is 5.59. The van der Waals surface area contributed by atoms with Gasteiger partial charge >= 0.3 is 0 Å². The van der Waals surface area contributed by atoms with E-state index in [0.29, 0.717) is 21.7 Å². The molecule has 0 bridgehead atoms. The number of hydrogen-bond acceptors (Lipinski definition) is 5. The summed E-state index contributed by atoms with van der Waals surface area (Å²) < 4.78 is 18.1. The second-order valence-electron chi connectivity index (χ2n) is 5.59. The minimum absolute atomic E-state index is 0.172. The summed E-state index contributed by atoms with van der Waals surface area (Å²) in [6.07, 6.45) is 1.44. The Kier molecular flexibility index (Phi) is 7.10. The standard InChI is InChI=1S/C20H16BrIN2O4/c1-26-15-6-9-19(17(21)10-15)27-12-20(25)24-23-11-16-7-8-18(28-16)13-2-4-14(22)5-3-13/h2-11H,12H2,1H3,(H,24,25). The number of nitrogens with zero attached hydrogens (tertiary/aromatic N) is 1. The summed E-state index contributed by atoms with van der Waals surface area (Å²) in [7, 11) is 1.58. The number of furan rings is 1. The molecule has 0 fully saturated rings. The highest BCUT2D eigenvalue weighted by Gasteiger charge is 2.07. The molecule has 1 amide bonds. The number of methoxy groups -OCH3 is 1. The maximum Gasteiger partial charge on any atom is 0.277 e. The first kappa shape index (κ1) is 20.4. The topological polar surface area (TPSA) is 73.1 Å². The number of hydrogen-bond donors (Lipinski definition) is 1. The van der Waals surface area contributed by atoms with Crippen LogP contribution in [0.1, 0.15) is 5.76 Å². The van der Waals surface area contributed by atoms with E-state index in [2.05, 4.69) is 49.0 Å². The van der Waals surface area contributed by atoms with E-state index >= 15 is 0 Å². The first-order chi connectivity index (χ1) is 13.5. The summed E-state index contributed by atoms with van der Waals surface area (Å²) in [6, 6.07) is 16.8.